The topological polar surface area (TPSA) is 62.4 Å². The lowest BCUT2D eigenvalue weighted by molar-refractivity contribution is -0.118. The quantitative estimate of drug-likeness (QED) is 0.790. The first-order chi connectivity index (χ1) is 12.2. The predicted octanol–water partition coefficient (Wildman–Crippen LogP) is 3.07. The lowest BCUT2D eigenvalue weighted by Gasteiger charge is -2.29. The molecule has 1 amide bonds. The number of methoxy groups -OCH3 is 1. The lowest BCUT2D eigenvalue weighted by Crippen LogP contribution is -2.42. The van der Waals surface area contributed by atoms with Crippen LogP contribution in [-0.2, 0) is 11.2 Å². The molecule has 130 valence electrons. The molecule has 0 saturated carbocycles. The standard InChI is InChI=1S/C19H20ClN3O2/c1-25-14-7-9-15-11(10-14)2-8-16-17(15)22-23-18(16)19(24)21-13-5-3-12(20)4-6-13/h3-7,9-10,16-18,22-23H,2,8H2,1H3,(H,21,24). The van der Waals surface area contributed by atoms with E-state index in [-0.39, 0.29) is 23.9 Å². The Bertz CT molecular complexity index is 794. The van der Waals surface area contributed by atoms with Crippen molar-refractivity contribution in [1.29, 1.82) is 0 Å². The van der Waals surface area contributed by atoms with Crippen LogP contribution >= 0.6 is 11.6 Å². The van der Waals surface area contributed by atoms with E-state index in [1.165, 1.54) is 11.1 Å². The molecule has 0 bridgehead atoms. The molecule has 3 N–H and O–H groups in total. The number of hydrogen-bond acceptors (Lipinski definition) is 4. The van der Waals surface area contributed by atoms with E-state index in [1.807, 2.05) is 18.2 Å². The Morgan fingerprint density at radius 1 is 1.20 bits per heavy atom. The van der Waals surface area contributed by atoms with E-state index in [4.69, 9.17) is 16.3 Å². The third-order valence-corrected chi connectivity index (χ3v) is 5.33. The lowest BCUT2D eigenvalue weighted by atomic mass is 9.77. The van der Waals surface area contributed by atoms with Gasteiger partial charge in [-0.2, -0.15) is 0 Å². The molecular formula is C19H20ClN3O2. The highest BCUT2D eigenvalue weighted by molar-refractivity contribution is 6.30. The summed E-state index contributed by atoms with van der Waals surface area (Å²) in [7, 11) is 1.68. The summed E-state index contributed by atoms with van der Waals surface area (Å²) in [6.45, 7) is 0. The van der Waals surface area contributed by atoms with Gasteiger partial charge in [0.2, 0.25) is 5.91 Å². The van der Waals surface area contributed by atoms with E-state index >= 15 is 0 Å². The highest BCUT2D eigenvalue weighted by Crippen LogP contribution is 2.40. The number of carbonyl (C=O) groups is 1. The van der Waals surface area contributed by atoms with E-state index in [9.17, 15) is 4.79 Å². The minimum absolute atomic E-state index is 0.0284. The molecule has 0 aromatic heterocycles. The number of anilines is 1. The van der Waals surface area contributed by atoms with Gasteiger partial charge in [-0.25, -0.2) is 10.9 Å². The first-order valence-electron chi connectivity index (χ1n) is 8.40. The number of nitrogens with one attached hydrogen (secondary N) is 3. The Morgan fingerprint density at radius 3 is 2.76 bits per heavy atom. The summed E-state index contributed by atoms with van der Waals surface area (Å²) in [6.07, 6.45) is 1.89. The van der Waals surface area contributed by atoms with Gasteiger partial charge < -0.3 is 10.1 Å². The largest absolute Gasteiger partial charge is 0.497 e. The van der Waals surface area contributed by atoms with E-state index < -0.39 is 0 Å². The van der Waals surface area contributed by atoms with Crippen LogP contribution in [0.2, 0.25) is 5.02 Å². The minimum atomic E-state index is -0.268. The number of amides is 1. The zero-order valence-corrected chi connectivity index (χ0v) is 14.6. The van der Waals surface area contributed by atoms with Crippen LogP contribution in [0.3, 0.4) is 0 Å². The van der Waals surface area contributed by atoms with Gasteiger partial charge in [-0.3, -0.25) is 4.79 Å². The van der Waals surface area contributed by atoms with Gasteiger partial charge in [0.05, 0.1) is 13.2 Å². The van der Waals surface area contributed by atoms with Crippen molar-refractivity contribution in [2.24, 2.45) is 5.92 Å². The summed E-state index contributed by atoms with van der Waals surface area (Å²) in [4.78, 5) is 12.7. The Morgan fingerprint density at radius 2 is 2.00 bits per heavy atom. The third-order valence-electron chi connectivity index (χ3n) is 5.08. The van der Waals surface area contributed by atoms with Gasteiger partial charge in [-0.1, -0.05) is 17.7 Å². The van der Waals surface area contributed by atoms with Crippen LogP contribution < -0.4 is 20.9 Å². The molecule has 25 heavy (non-hydrogen) atoms. The SMILES string of the molecule is COc1ccc2c(c1)CCC1C(C(=O)Nc3ccc(Cl)cc3)NNC21. The Balaban J connectivity index is 1.51. The summed E-state index contributed by atoms with van der Waals surface area (Å²) in [5, 5.41) is 3.62. The van der Waals surface area contributed by atoms with Crippen molar-refractivity contribution in [2.45, 2.75) is 24.9 Å². The maximum atomic E-state index is 12.7. The molecule has 1 fully saturated rings. The van der Waals surface area contributed by atoms with Crippen LogP contribution in [0.4, 0.5) is 5.69 Å². The molecule has 1 aliphatic carbocycles. The van der Waals surface area contributed by atoms with Gasteiger partial charge >= 0.3 is 0 Å². The number of aryl methyl sites for hydroxylation is 1. The normalized spacial score (nSPS) is 24.3. The van der Waals surface area contributed by atoms with Gasteiger partial charge in [0.1, 0.15) is 11.8 Å². The van der Waals surface area contributed by atoms with Crippen molar-refractivity contribution < 1.29 is 9.53 Å². The van der Waals surface area contributed by atoms with E-state index in [2.05, 4.69) is 28.3 Å². The molecule has 3 unspecified atom stereocenters. The molecule has 2 aliphatic rings. The molecule has 4 rings (SSSR count). The molecule has 2 aromatic rings. The first-order valence-corrected chi connectivity index (χ1v) is 8.78. The number of benzene rings is 2. The number of hydrazine groups is 1. The number of fused-ring (bicyclic) bond motifs is 3. The van der Waals surface area contributed by atoms with Crippen LogP contribution in [0, 0.1) is 5.92 Å². The van der Waals surface area contributed by atoms with E-state index in [0.29, 0.717) is 5.02 Å². The van der Waals surface area contributed by atoms with E-state index in [1.54, 1.807) is 19.2 Å². The van der Waals surface area contributed by atoms with Gasteiger partial charge in [-0.15, -0.1) is 0 Å². The molecule has 1 aliphatic heterocycles. The summed E-state index contributed by atoms with van der Waals surface area (Å²) in [6, 6.07) is 13.2. The van der Waals surface area contributed by atoms with Gasteiger partial charge in [0, 0.05) is 16.6 Å². The van der Waals surface area contributed by atoms with Crippen LogP contribution in [0.1, 0.15) is 23.6 Å². The predicted molar refractivity (Wildman–Crippen MR) is 97.7 cm³/mol. The molecular weight excluding hydrogens is 338 g/mol. The highest BCUT2D eigenvalue weighted by Gasteiger charge is 2.43. The molecule has 6 heteroatoms. The van der Waals surface area contributed by atoms with Crippen molar-refractivity contribution in [2.75, 3.05) is 12.4 Å². The monoisotopic (exact) mass is 357 g/mol. The smallest absolute Gasteiger partial charge is 0.243 e. The Labute approximate surface area is 151 Å². The maximum absolute atomic E-state index is 12.7. The number of ether oxygens (including phenoxy) is 1. The summed E-state index contributed by atoms with van der Waals surface area (Å²) >= 11 is 5.89. The second kappa shape index (κ2) is 6.67. The fraction of sp³-hybridized carbons (Fsp3) is 0.316. The molecule has 0 spiro atoms. The van der Waals surface area contributed by atoms with Crippen molar-refractivity contribution in [3.63, 3.8) is 0 Å². The van der Waals surface area contributed by atoms with Crippen LogP contribution in [0.25, 0.3) is 0 Å². The number of rotatable bonds is 3. The summed E-state index contributed by atoms with van der Waals surface area (Å²) in [5.41, 5.74) is 9.76. The van der Waals surface area contributed by atoms with Crippen molar-refractivity contribution in [3.05, 3.63) is 58.6 Å². The average molecular weight is 358 g/mol. The van der Waals surface area contributed by atoms with Crippen molar-refractivity contribution in [1.82, 2.24) is 10.9 Å². The number of hydrogen-bond donors (Lipinski definition) is 3. The molecule has 5 nitrogen and oxygen atoms in total. The fourth-order valence-electron chi connectivity index (χ4n) is 3.79. The van der Waals surface area contributed by atoms with Gasteiger partial charge in [0.15, 0.2) is 0 Å². The molecule has 1 saturated heterocycles. The average Bonchev–Trinajstić information content (AvgIpc) is 3.07. The van der Waals surface area contributed by atoms with Gasteiger partial charge in [-0.05, 0) is 60.4 Å². The zero-order valence-electron chi connectivity index (χ0n) is 13.9. The number of halogens is 1. The molecule has 0 radical (unpaired) electrons. The van der Waals surface area contributed by atoms with Gasteiger partial charge in [0.25, 0.3) is 0 Å². The molecule has 1 heterocycles. The number of carbonyl (C=O) groups excluding carboxylic acids is 1. The third kappa shape index (κ3) is 3.11. The minimum Gasteiger partial charge on any atom is -0.497 e. The summed E-state index contributed by atoms with van der Waals surface area (Å²) < 4.78 is 5.32. The molecule has 2 aromatic carbocycles. The summed E-state index contributed by atoms with van der Waals surface area (Å²) in [5.74, 6) is 1.06. The van der Waals surface area contributed by atoms with E-state index in [0.717, 1.165) is 24.3 Å². The Kier molecular flexibility index (Phi) is 4.37. The Hall–Kier alpha value is -2.08. The van der Waals surface area contributed by atoms with Crippen LogP contribution in [-0.4, -0.2) is 19.1 Å². The van der Waals surface area contributed by atoms with Crippen LogP contribution in [0.5, 0.6) is 5.75 Å². The second-order valence-electron chi connectivity index (χ2n) is 6.51. The zero-order chi connectivity index (χ0) is 17.4. The van der Waals surface area contributed by atoms with Crippen molar-refractivity contribution >= 4 is 23.2 Å². The maximum Gasteiger partial charge on any atom is 0.243 e. The molecule has 3 atom stereocenters. The van der Waals surface area contributed by atoms with Crippen molar-refractivity contribution in [3.8, 4) is 5.75 Å². The fourth-order valence-corrected chi connectivity index (χ4v) is 3.92. The first kappa shape index (κ1) is 16.4. The highest BCUT2D eigenvalue weighted by atomic mass is 35.5. The van der Waals surface area contributed by atoms with Crippen LogP contribution in [0.15, 0.2) is 42.5 Å². The second-order valence-corrected chi connectivity index (χ2v) is 6.94.